The topological polar surface area (TPSA) is 41.1 Å². The fraction of sp³-hybridized carbons (Fsp3) is 0.350. The first-order chi connectivity index (χ1) is 11.8. The van der Waals surface area contributed by atoms with E-state index in [1.165, 1.54) is 12.0 Å². The number of hydrogen-bond donors (Lipinski definition) is 1. The van der Waals surface area contributed by atoms with Crippen LogP contribution in [0.25, 0.3) is 10.9 Å². The van der Waals surface area contributed by atoms with Crippen molar-refractivity contribution in [2.24, 2.45) is 0 Å². The molecule has 4 rings (SSSR count). The minimum absolute atomic E-state index is 0. The predicted molar refractivity (Wildman–Crippen MR) is 103 cm³/mol. The molecule has 0 saturated carbocycles. The number of fused-ring (bicyclic) bond motifs is 1. The minimum Gasteiger partial charge on any atom is -0.489 e. The summed E-state index contributed by atoms with van der Waals surface area (Å²) in [7, 11) is 0. The number of aromatic amines is 1. The molecular weight excluding hydrogens is 334 g/mol. The number of likely N-dealkylation sites (tertiary alicyclic amines) is 1. The molecule has 1 aromatic heterocycles. The summed E-state index contributed by atoms with van der Waals surface area (Å²) in [6, 6.07) is 17.3. The molecule has 5 heteroatoms. The van der Waals surface area contributed by atoms with Crippen LogP contribution in [-0.4, -0.2) is 34.3 Å². The normalized spacial score (nSPS) is 19.3. The van der Waals surface area contributed by atoms with Gasteiger partial charge in [0.25, 0.3) is 0 Å². The van der Waals surface area contributed by atoms with Crippen LogP contribution in [-0.2, 0) is 0 Å². The quantitative estimate of drug-likeness (QED) is 0.742. The van der Waals surface area contributed by atoms with E-state index in [0.29, 0.717) is 6.04 Å². The Morgan fingerprint density at radius 3 is 2.88 bits per heavy atom. The Balaban J connectivity index is 0.00000182. The molecule has 0 radical (unpaired) electrons. The van der Waals surface area contributed by atoms with Crippen LogP contribution in [0.3, 0.4) is 0 Å². The van der Waals surface area contributed by atoms with Crippen LogP contribution >= 0.6 is 12.4 Å². The molecule has 0 spiro atoms. The minimum atomic E-state index is 0. The number of nitrogens with zero attached hydrogens (tertiary/aromatic N) is 2. The van der Waals surface area contributed by atoms with E-state index in [1.807, 2.05) is 18.3 Å². The average molecular weight is 358 g/mol. The molecule has 2 aromatic carbocycles. The standard InChI is InChI=1S/C20H23N3O.ClH/c1-15(16-6-3-2-4-7-16)23-11-5-8-19(14-23)24-18-9-10-20-17(12-18)13-21-22-20;/h2-4,6-7,9-10,12-13,15,19H,5,8,11,14H2,1H3,(H,21,22);1H. The van der Waals surface area contributed by atoms with Crippen molar-refractivity contribution in [3.63, 3.8) is 0 Å². The third-order valence-corrected chi connectivity index (χ3v) is 4.95. The summed E-state index contributed by atoms with van der Waals surface area (Å²) in [5, 5.41) is 8.14. The van der Waals surface area contributed by atoms with Gasteiger partial charge in [-0.1, -0.05) is 30.3 Å². The van der Waals surface area contributed by atoms with E-state index in [9.17, 15) is 0 Å². The highest BCUT2D eigenvalue weighted by Crippen LogP contribution is 2.27. The lowest BCUT2D eigenvalue weighted by Gasteiger charge is -2.37. The van der Waals surface area contributed by atoms with Crippen LogP contribution < -0.4 is 4.74 Å². The maximum Gasteiger partial charge on any atom is 0.120 e. The predicted octanol–water partition coefficient (Wildman–Crippen LogP) is 4.59. The summed E-state index contributed by atoms with van der Waals surface area (Å²) in [5.41, 5.74) is 2.42. The van der Waals surface area contributed by atoms with Crippen molar-refractivity contribution in [2.45, 2.75) is 31.9 Å². The van der Waals surface area contributed by atoms with Crippen molar-refractivity contribution < 1.29 is 4.74 Å². The Kier molecular flexibility index (Phi) is 5.61. The number of halogens is 1. The SMILES string of the molecule is CC(c1ccccc1)N1CCCC(Oc2ccc3[nH]ncc3c2)C1.Cl. The van der Waals surface area contributed by atoms with Crippen LogP contribution in [0.5, 0.6) is 5.75 Å². The molecule has 0 bridgehead atoms. The molecule has 1 N–H and O–H groups in total. The van der Waals surface area contributed by atoms with E-state index < -0.39 is 0 Å². The van der Waals surface area contributed by atoms with Crippen molar-refractivity contribution in [3.8, 4) is 5.75 Å². The highest BCUT2D eigenvalue weighted by molar-refractivity contribution is 5.85. The molecule has 25 heavy (non-hydrogen) atoms. The van der Waals surface area contributed by atoms with E-state index in [4.69, 9.17) is 4.74 Å². The van der Waals surface area contributed by atoms with Gasteiger partial charge >= 0.3 is 0 Å². The zero-order valence-corrected chi connectivity index (χ0v) is 15.2. The van der Waals surface area contributed by atoms with Crippen molar-refractivity contribution in [1.82, 2.24) is 15.1 Å². The molecule has 0 aliphatic carbocycles. The van der Waals surface area contributed by atoms with Gasteiger partial charge in [0.15, 0.2) is 0 Å². The van der Waals surface area contributed by atoms with Gasteiger partial charge in [-0.3, -0.25) is 10.00 Å². The Morgan fingerprint density at radius 1 is 1.20 bits per heavy atom. The summed E-state index contributed by atoms with van der Waals surface area (Å²) in [5.74, 6) is 0.933. The number of benzene rings is 2. The summed E-state index contributed by atoms with van der Waals surface area (Å²) < 4.78 is 6.27. The van der Waals surface area contributed by atoms with Gasteiger partial charge in [-0.25, -0.2) is 0 Å². The lowest BCUT2D eigenvalue weighted by molar-refractivity contribution is 0.0659. The second-order valence-corrected chi connectivity index (χ2v) is 6.58. The largest absolute Gasteiger partial charge is 0.489 e. The lowest BCUT2D eigenvalue weighted by Crippen LogP contribution is -2.42. The molecule has 4 nitrogen and oxygen atoms in total. The van der Waals surface area contributed by atoms with Crippen molar-refractivity contribution in [2.75, 3.05) is 13.1 Å². The fourth-order valence-electron chi connectivity index (χ4n) is 3.54. The first-order valence-corrected chi connectivity index (χ1v) is 8.68. The smallest absolute Gasteiger partial charge is 0.120 e. The molecule has 1 fully saturated rings. The van der Waals surface area contributed by atoms with Crippen LogP contribution in [0.2, 0.25) is 0 Å². The number of ether oxygens (including phenoxy) is 1. The second-order valence-electron chi connectivity index (χ2n) is 6.58. The molecule has 2 heterocycles. The van der Waals surface area contributed by atoms with Crippen LogP contribution in [0.4, 0.5) is 0 Å². The van der Waals surface area contributed by atoms with Gasteiger partial charge in [0.05, 0.1) is 11.7 Å². The Hall–Kier alpha value is -2.04. The Labute approximate surface area is 154 Å². The van der Waals surface area contributed by atoms with Gasteiger partial charge in [0.2, 0.25) is 0 Å². The first kappa shape index (κ1) is 17.8. The van der Waals surface area contributed by atoms with Crippen LogP contribution in [0.15, 0.2) is 54.7 Å². The molecule has 132 valence electrons. The van der Waals surface area contributed by atoms with E-state index in [2.05, 4.69) is 58.4 Å². The highest BCUT2D eigenvalue weighted by Gasteiger charge is 2.25. The van der Waals surface area contributed by atoms with Gasteiger partial charge in [0, 0.05) is 18.0 Å². The molecule has 3 aromatic rings. The van der Waals surface area contributed by atoms with Gasteiger partial charge in [0.1, 0.15) is 11.9 Å². The maximum absolute atomic E-state index is 6.27. The Bertz CT molecular complexity index is 805. The average Bonchev–Trinajstić information content (AvgIpc) is 3.10. The van der Waals surface area contributed by atoms with Crippen molar-refractivity contribution in [3.05, 3.63) is 60.3 Å². The third-order valence-electron chi connectivity index (χ3n) is 4.95. The third kappa shape index (κ3) is 3.97. The number of aromatic nitrogens is 2. The van der Waals surface area contributed by atoms with Gasteiger partial charge < -0.3 is 4.74 Å². The van der Waals surface area contributed by atoms with E-state index in [-0.39, 0.29) is 18.5 Å². The number of H-pyrrole nitrogens is 1. The molecule has 1 aliphatic rings. The monoisotopic (exact) mass is 357 g/mol. The second kappa shape index (κ2) is 7.89. The van der Waals surface area contributed by atoms with E-state index >= 15 is 0 Å². The molecular formula is C20H24ClN3O. The molecule has 2 atom stereocenters. The van der Waals surface area contributed by atoms with Crippen molar-refractivity contribution in [1.29, 1.82) is 0 Å². The summed E-state index contributed by atoms with van der Waals surface area (Å²) in [6.07, 6.45) is 4.37. The molecule has 1 saturated heterocycles. The van der Waals surface area contributed by atoms with E-state index in [0.717, 1.165) is 36.2 Å². The highest BCUT2D eigenvalue weighted by atomic mass is 35.5. The first-order valence-electron chi connectivity index (χ1n) is 8.68. The number of nitrogens with one attached hydrogen (secondary N) is 1. The zero-order chi connectivity index (χ0) is 16.4. The molecule has 2 unspecified atom stereocenters. The lowest BCUT2D eigenvalue weighted by atomic mass is 10.0. The Morgan fingerprint density at radius 2 is 2.04 bits per heavy atom. The van der Waals surface area contributed by atoms with Gasteiger partial charge in [-0.15, -0.1) is 12.4 Å². The van der Waals surface area contributed by atoms with E-state index in [1.54, 1.807) is 0 Å². The van der Waals surface area contributed by atoms with Crippen LogP contribution in [0, 0.1) is 0 Å². The van der Waals surface area contributed by atoms with Crippen molar-refractivity contribution >= 4 is 23.3 Å². The van der Waals surface area contributed by atoms with Gasteiger partial charge in [-0.2, -0.15) is 5.10 Å². The van der Waals surface area contributed by atoms with Gasteiger partial charge in [-0.05, 0) is 50.1 Å². The molecule has 0 amide bonds. The number of piperidine rings is 1. The maximum atomic E-state index is 6.27. The summed E-state index contributed by atoms with van der Waals surface area (Å²) in [4.78, 5) is 2.53. The number of rotatable bonds is 4. The fourth-order valence-corrected chi connectivity index (χ4v) is 3.54. The zero-order valence-electron chi connectivity index (χ0n) is 14.4. The van der Waals surface area contributed by atoms with Crippen LogP contribution in [0.1, 0.15) is 31.4 Å². The summed E-state index contributed by atoms with van der Waals surface area (Å²) >= 11 is 0. The summed E-state index contributed by atoms with van der Waals surface area (Å²) in [6.45, 7) is 4.39. The molecule has 1 aliphatic heterocycles. The number of hydrogen-bond acceptors (Lipinski definition) is 3.